The van der Waals surface area contributed by atoms with E-state index in [9.17, 15) is 9.59 Å². The second-order valence-electron chi connectivity index (χ2n) is 7.41. The Morgan fingerprint density at radius 2 is 1.82 bits per heavy atom. The van der Waals surface area contributed by atoms with Gasteiger partial charge in [-0.2, -0.15) is 0 Å². The summed E-state index contributed by atoms with van der Waals surface area (Å²) in [4.78, 5) is 25.6. The van der Waals surface area contributed by atoms with Crippen LogP contribution < -0.4 is 15.0 Å². The fourth-order valence-corrected chi connectivity index (χ4v) is 3.21. The third-order valence-electron chi connectivity index (χ3n) is 4.96. The maximum Gasteiger partial charge on any atom is 0.227 e. The number of nitrogens with zero attached hydrogens (tertiary/aromatic N) is 1. The highest BCUT2D eigenvalue weighted by Gasteiger charge is 2.21. The lowest BCUT2D eigenvalue weighted by atomic mass is 10.0. The first kappa shape index (κ1) is 19.9. The van der Waals surface area contributed by atoms with Gasteiger partial charge < -0.3 is 15.0 Å². The second kappa shape index (κ2) is 9.40. The number of ether oxygens (including phenoxy) is 1. The Bertz CT molecular complexity index is 798. The molecule has 0 unspecified atom stereocenters. The molecule has 1 aliphatic heterocycles. The van der Waals surface area contributed by atoms with Crippen LogP contribution in [0.2, 0.25) is 0 Å². The third kappa shape index (κ3) is 5.35. The van der Waals surface area contributed by atoms with E-state index >= 15 is 0 Å². The highest BCUT2D eigenvalue weighted by atomic mass is 16.5. The molecule has 0 spiro atoms. The number of nitrogens with one attached hydrogen (secondary N) is 1. The Morgan fingerprint density at radius 3 is 2.43 bits per heavy atom. The van der Waals surface area contributed by atoms with E-state index < -0.39 is 0 Å². The van der Waals surface area contributed by atoms with Crippen molar-refractivity contribution in [2.24, 2.45) is 0 Å². The molecule has 2 aromatic carbocycles. The second-order valence-corrected chi connectivity index (χ2v) is 7.41. The maximum atomic E-state index is 12.0. The first-order valence-corrected chi connectivity index (χ1v) is 9.91. The molecule has 148 valence electrons. The molecule has 0 saturated carbocycles. The van der Waals surface area contributed by atoms with Gasteiger partial charge in [0.15, 0.2) is 0 Å². The minimum Gasteiger partial charge on any atom is -0.493 e. The molecule has 3 rings (SSSR count). The van der Waals surface area contributed by atoms with Crippen LogP contribution in [0.3, 0.4) is 0 Å². The Balaban J connectivity index is 1.38. The van der Waals surface area contributed by atoms with E-state index in [1.165, 1.54) is 5.56 Å². The SMILES string of the molecule is CC(C)c1ccc(OCCC(=O)NCc2ccc(N3CCCC3=O)cc2)cc1. The summed E-state index contributed by atoms with van der Waals surface area (Å²) >= 11 is 0. The van der Waals surface area contributed by atoms with Crippen molar-refractivity contribution < 1.29 is 14.3 Å². The van der Waals surface area contributed by atoms with Crippen LogP contribution in [0.4, 0.5) is 5.69 Å². The normalized spacial score (nSPS) is 13.8. The first-order valence-electron chi connectivity index (χ1n) is 9.91. The summed E-state index contributed by atoms with van der Waals surface area (Å²) in [5.41, 5.74) is 3.20. The van der Waals surface area contributed by atoms with Gasteiger partial charge in [0.05, 0.1) is 13.0 Å². The number of carbonyl (C=O) groups is 2. The lowest BCUT2D eigenvalue weighted by Crippen LogP contribution is -2.25. The monoisotopic (exact) mass is 380 g/mol. The van der Waals surface area contributed by atoms with Crippen molar-refractivity contribution in [2.45, 2.75) is 45.6 Å². The number of anilines is 1. The number of hydrogen-bond acceptors (Lipinski definition) is 3. The van der Waals surface area contributed by atoms with Crippen molar-refractivity contribution in [2.75, 3.05) is 18.1 Å². The van der Waals surface area contributed by atoms with E-state index in [1.54, 1.807) is 0 Å². The molecule has 1 N–H and O–H groups in total. The van der Waals surface area contributed by atoms with Gasteiger partial charge in [0.25, 0.3) is 0 Å². The van der Waals surface area contributed by atoms with Crippen LogP contribution in [0, 0.1) is 0 Å². The van der Waals surface area contributed by atoms with E-state index in [4.69, 9.17) is 4.74 Å². The van der Waals surface area contributed by atoms with Crippen LogP contribution in [-0.4, -0.2) is 25.0 Å². The van der Waals surface area contributed by atoms with Gasteiger partial charge in [0, 0.05) is 25.2 Å². The van der Waals surface area contributed by atoms with Crippen molar-refractivity contribution in [3.05, 3.63) is 59.7 Å². The molecule has 5 heteroatoms. The van der Waals surface area contributed by atoms with Gasteiger partial charge in [-0.3, -0.25) is 9.59 Å². The summed E-state index contributed by atoms with van der Waals surface area (Å²) in [6, 6.07) is 15.8. The molecule has 0 aliphatic carbocycles. The van der Waals surface area contributed by atoms with E-state index in [-0.39, 0.29) is 11.8 Å². The molecule has 2 amide bonds. The zero-order valence-corrected chi connectivity index (χ0v) is 16.6. The topological polar surface area (TPSA) is 58.6 Å². The van der Waals surface area contributed by atoms with Gasteiger partial charge >= 0.3 is 0 Å². The van der Waals surface area contributed by atoms with Crippen LogP contribution in [0.25, 0.3) is 0 Å². The maximum absolute atomic E-state index is 12.0. The molecule has 1 saturated heterocycles. The summed E-state index contributed by atoms with van der Waals surface area (Å²) in [5, 5.41) is 2.91. The van der Waals surface area contributed by atoms with Crippen molar-refractivity contribution >= 4 is 17.5 Å². The smallest absolute Gasteiger partial charge is 0.227 e. The van der Waals surface area contributed by atoms with Gasteiger partial charge in [0.1, 0.15) is 5.75 Å². The fraction of sp³-hybridized carbons (Fsp3) is 0.391. The quantitative estimate of drug-likeness (QED) is 0.752. The first-order chi connectivity index (χ1) is 13.5. The summed E-state index contributed by atoms with van der Waals surface area (Å²) in [6.07, 6.45) is 1.86. The number of benzene rings is 2. The summed E-state index contributed by atoms with van der Waals surface area (Å²) in [7, 11) is 0. The predicted molar refractivity (Wildman–Crippen MR) is 111 cm³/mol. The highest BCUT2D eigenvalue weighted by molar-refractivity contribution is 5.95. The van der Waals surface area contributed by atoms with Crippen LogP contribution >= 0.6 is 0 Å². The largest absolute Gasteiger partial charge is 0.493 e. The minimum atomic E-state index is -0.0439. The van der Waals surface area contributed by atoms with Crippen molar-refractivity contribution in [3.8, 4) is 5.75 Å². The van der Waals surface area contributed by atoms with Crippen molar-refractivity contribution in [3.63, 3.8) is 0 Å². The minimum absolute atomic E-state index is 0.0439. The van der Waals surface area contributed by atoms with Gasteiger partial charge in [-0.25, -0.2) is 0 Å². The standard InChI is InChI=1S/C23H28N2O3/c1-17(2)19-7-11-21(12-8-19)28-15-13-22(26)24-16-18-5-9-20(10-6-18)25-14-3-4-23(25)27/h5-12,17H,3-4,13-16H2,1-2H3,(H,24,26). The molecule has 1 heterocycles. The number of hydrogen-bond donors (Lipinski definition) is 1. The van der Waals surface area contributed by atoms with Gasteiger partial charge in [-0.05, 0) is 47.7 Å². The van der Waals surface area contributed by atoms with Crippen molar-refractivity contribution in [1.29, 1.82) is 0 Å². The van der Waals surface area contributed by atoms with E-state index in [2.05, 4.69) is 31.3 Å². The van der Waals surface area contributed by atoms with Crippen LogP contribution in [-0.2, 0) is 16.1 Å². The molecule has 0 radical (unpaired) electrons. The molecule has 0 atom stereocenters. The van der Waals surface area contributed by atoms with E-state index in [0.29, 0.717) is 31.9 Å². The van der Waals surface area contributed by atoms with Gasteiger partial charge in [0.2, 0.25) is 11.8 Å². The van der Waals surface area contributed by atoms with Crippen LogP contribution in [0.15, 0.2) is 48.5 Å². The number of amides is 2. The molecule has 5 nitrogen and oxygen atoms in total. The Kier molecular flexibility index (Phi) is 6.69. The van der Waals surface area contributed by atoms with Gasteiger partial charge in [-0.1, -0.05) is 38.1 Å². The predicted octanol–water partition coefficient (Wildman–Crippen LogP) is 4.02. The molecule has 1 fully saturated rings. The van der Waals surface area contributed by atoms with E-state index in [0.717, 1.165) is 30.0 Å². The Labute approximate surface area is 166 Å². The average Bonchev–Trinajstić information content (AvgIpc) is 3.13. The van der Waals surface area contributed by atoms with Crippen molar-refractivity contribution in [1.82, 2.24) is 5.32 Å². The summed E-state index contributed by atoms with van der Waals surface area (Å²) in [5.74, 6) is 1.41. The molecule has 28 heavy (non-hydrogen) atoms. The Morgan fingerprint density at radius 1 is 1.11 bits per heavy atom. The summed E-state index contributed by atoms with van der Waals surface area (Å²) in [6.45, 7) is 5.91. The average molecular weight is 380 g/mol. The third-order valence-corrected chi connectivity index (χ3v) is 4.96. The highest BCUT2D eigenvalue weighted by Crippen LogP contribution is 2.21. The molecule has 0 aromatic heterocycles. The molecular formula is C23H28N2O3. The zero-order chi connectivity index (χ0) is 19.9. The molecule has 2 aromatic rings. The molecule has 1 aliphatic rings. The van der Waals surface area contributed by atoms with E-state index in [1.807, 2.05) is 41.3 Å². The zero-order valence-electron chi connectivity index (χ0n) is 16.6. The number of rotatable bonds is 8. The lowest BCUT2D eigenvalue weighted by Gasteiger charge is -2.16. The van der Waals surface area contributed by atoms with Gasteiger partial charge in [-0.15, -0.1) is 0 Å². The lowest BCUT2D eigenvalue weighted by molar-refractivity contribution is -0.121. The van der Waals surface area contributed by atoms with Crippen LogP contribution in [0.1, 0.15) is 50.2 Å². The fourth-order valence-electron chi connectivity index (χ4n) is 3.21. The summed E-state index contributed by atoms with van der Waals surface area (Å²) < 4.78 is 5.65. The number of carbonyl (C=O) groups excluding carboxylic acids is 2. The molecule has 0 bridgehead atoms. The van der Waals surface area contributed by atoms with Crippen LogP contribution in [0.5, 0.6) is 5.75 Å². The molecular weight excluding hydrogens is 352 g/mol. The Hall–Kier alpha value is -2.82.